The summed E-state index contributed by atoms with van der Waals surface area (Å²) in [5, 5.41) is 11.8. The van der Waals surface area contributed by atoms with E-state index in [2.05, 4.69) is 15.3 Å². The van der Waals surface area contributed by atoms with Crippen LogP contribution in [-0.2, 0) is 4.79 Å². The number of aromatic nitrogens is 2. The van der Waals surface area contributed by atoms with E-state index in [9.17, 15) is 9.59 Å². The van der Waals surface area contributed by atoms with Gasteiger partial charge in [0.1, 0.15) is 11.5 Å². The molecule has 1 aromatic heterocycles. The molecule has 116 valence electrons. The monoisotopic (exact) mass is 313 g/mol. The van der Waals surface area contributed by atoms with Gasteiger partial charge in [-0.2, -0.15) is 0 Å². The van der Waals surface area contributed by atoms with Gasteiger partial charge < -0.3 is 10.4 Å². The lowest BCUT2D eigenvalue weighted by molar-refractivity contribution is -0.147. The van der Waals surface area contributed by atoms with Gasteiger partial charge in [0.2, 0.25) is 0 Å². The predicted octanol–water partition coefficient (Wildman–Crippen LogP) is 2.48. The van der Waals surface area contributed by atoms with Crippen LogP contribution in [0.5, 0.6) is 0 Å². The average molecular weight is 314 g/mol. The summed E-state index contributed by atoms with van der Waals surface area (Å²) in [6, 6.07) is 0. The summed E-state index contributed by atoms with van der Waals surface area (Å²) in [6.45, 7) is 7.28. The second kappa shape index (κ2) is 6.85. The molecule has 0 unspecified atom stereocenters. The largest absolute Gasteiger partial charge is 0.481 e. The van der Waals surface area contributed by atoms with Crippen LogP contribution in [0.25, 0.3) is 0 Å². The first-order chi connectivity index (χ1) is 9.65. The number of nitrogens with one attached hydrogen (secondary N) is 1. The van der Waals surface area contributed by atoms with E-state index in [-0.39, 0.29) is 23.2 Å². The van der Waals surface area contributed by atoms with Crippen molar-refractivity contribution >= 4 is 23.5 Å². The lowest BCUT2D eigenvalue weighted by atomic mass is 9.90. The Kier molecular flexibility index (Phi) is 5.66. The third-order valence-corrected chi connectivity index (χ3v) is 3.39. The topological polar surface area (TPSA) is 92.2 Å². The van der Waals surface area contributed by atoms with Crippen LogP contribution in [0, 0.1) is 5.41 Å². The molecule has 0 fully saturated rings. The van der Waals surface area contributed by atoms with Crippen LogP contribution in [0.3, 0.4) is 0 Å². The van der Waals surface area contributed by atoms with Gasteiger partial charge in [-0.15, -0.1) is 0 Å². The van der Waals surface area contributed by atoms with Crippen LogP contribution < -0.4 is 5.32 Å². The minimum absolute atomic E-state index is 0.0831. The molecular formula is C14H20ClN3O3. The molecule has 1 heterocycles. The Labute approximate surface area is 128 Å². The molecule has 6 nitrogen and oxygen atoms in total. The minimum atomic E-state index is -0.904. The molecule has 21 heavy (non-hydrogen) atoms. The number of amides is 1. The zero-order valence-electron chi connectivity index (χ0n) is 12.6. The summed E-state index contributed by atoms with van der Waals surface area (Å²) in [5.41, 5.74) is -0.783. The molecule has 0 aliphatic heterocycles. The third kappa shape index (κ3) is 4.67. The number of carbonyl (C=O) groups excluding carboxylic acids is 1. The Morgan fingerprint density at radius 2 is 2.05 bits per heavy atom. The Bertz CT molecular complexity index is 544. The Hall–Kier alpha value is -1.69. The molecule has 0 saturated carbocycles. The van der Waals surface area contributed by atoms with Crippen molar-refractivity contribution in [1.29, 1.82) is 0 Å². The number of aliphatic carboxylic acids is 1. The standard InChI is InChI=1S/C14H20ClN3O3/c1-8(2)11-17-7-9(15)10(18-11)12(19)16-6-5-14(3,4)13(20)21/h7-8H,5-6H2,1-4H3,(H,16,19)(H,20,21). The average Bonchev–Trinajstić information content (AvgIpc) is 2.38. The maximum atomic E-state index is 12.1. The van der Waals surface area contributed by atoms with E-state index in [4.69, 9.17) is 16.7 Å². The molecule has 0 saturated heterocycles. The summed E-state index contributed by atoms with van der Waals surface area (Å²) < 4.78 is 0. The molecule has 0 atom stereocenters. The lowest BCUT2D eigenvalue weighted by Gasteiger charge is -2.19. The molecule has 0 radical (unpaired) electrons. The van der Waals surface area contributed by atoms with Crippen molar-refractivity contribution in [2.45, 2.75) is 40.0 Å². The highest BCUT2D eigenvalue weighted by Gasteiger charge is 2.27. The number of carboxylic acid groups (broad SMARTS) is 1. The number of nitrogens with zero attached hydrogens (tertiary/aromatic N) is 2. The van der Waals surface area contributed by atoms with Crippen molar-refractivity contribution in [3.63, 3.8) is 0 Å². The van der Waals surface area contributed by atoms with Crippen LogP contribution in [0.4, 0.5) is 0 Å². The zero-order chi connectivity index (χ0) is 16.2. The number of hydrogen-bond acceptors (Lipinski definition) is 4. The third-order valence-electron chi connectivity index (χ3n) is 3.11. The maximum absolute atomic E-state index is 12.1. The molecule has 0 bridgehead atoms. The highest BCUT2D eigenvalue weighted by molar-refractivity contribution is 6.33. The molecule has 7 heteroatoms. The van der Waals surface area contributed by atoms with Crippen molar-refractivity contribution in [1.82, 2.24) is 15.3 Å². The highest BCUT2D eigenvalue weighted by Crippen LogP contribution is 2.20. The van der Waals surface area contributed by atoms with Gasteiger partial charge in [-0.25, -0.2) is 9.97 Å². The summed E-state index contributed by atoms with van der Waals surface area (Å²) in [6.07, 6.45) is 1.72. The smallest absolute Gasteiger partial charge is 0.309 e. The van der Waals surface area contributed by atoms with Crippen LogP contribution in [0.15, 0.2) is 6.20 Å². The Balaban J connectivity index is 2.72. The van der Waals surface area contributed by atoms with E-state index >= 15 is 0 Å². The van der Waals surface area contributed by atoms with Gasteiger partial charge in [-0.05, 0) is 20.3 Å². The molecule has 0 spiro atoms. The first-order valence-electron chi connectivity index (χ1n) is 6.69. The fourth-order valence-corrected chi connectivity index (χ4v) is 1.67. The van der Waals surface area contributed by atoms with E-state index in [1.807, 2.05) is 13.8 Å². The van der Waals surface area contributed by atoms with E-state index in [1.54, 1.807) is 13.8 Å². The van der Waals surface area contributed by atoms with Crippen LogP contribution >= 0.6 is 11.6 Å². The zero-order valence-corrected chi connectivity index (χ0v) is 13.4. The number of carboxylic acids is 1. The van der Waals surface area contributed by atoms with Crippen LogP contribution in [0.1, 0.15) is 56.3 Å². The van der Waals surface area contributed by atoms with Gasteiger partial charge in [0.25, 0.3) is 5.91 Å². The van der Waals surface area contributed by atoms with Gasteiger partial charge >= 0.3 is 5.97 Å². The van der Waals surface area contributed by atoms with E-state index in [0.29, 0.717) is 12.2 Å². The molecule has 1 amide bonds. The first-order valence-corrected chi connectivity index (χ1v) is 7.07. The minimum Gasteiger partial charge on any atom is -0.481 e. The normalized spacial score (nSPS) is 11.5. The molecular weight excluding hydrogens is 294 g/mol. The molecule has 0 aliphatic rings. The fraction of sp³-hybridized carbons (Fsp3) is 0.571. The summed E-state index contributed by atoms with van der Waals surface area (Å²) in [5.74, 6) is -0.709. The quantitative estimate of drug-likeness (QED) is 0.841. The molecule has 2 N–H and O–H groups in total. The van der Waals surface area contributed by atoms with E-state index in [1.165, 1.54) is 6.20 Å². The van der Waals surface area contributed by atoms with Gasteiger partial charge in [0, 0.05) is 12.5 Å². The number of rotatable bonds is 6. The van der Waals surface area contributed by atoms with Crippen molar-refractivity contribution in [3.8, 4) is 0 Å². The van der Waals surface area contributed by atoms with Crippen molar-refractivity contribution < 1.29 is 14.7 Å². The first kappa shape index (κ1) is 17.4. The second-order valence-electron chi connectivity index (χ2n) is 5.77. The van der Waals surface area contributed by atoms with Gasteiger partial charge in [0.05, 0.1) is 16.6 Å². The molecule has 0 aliphatic carbocycles. The Morgan fingerprint density at radius 3 is 2.57 bits per heavy atom. The fourth-order valence-electron chi connectivity index (χ4n) is 1.50. The van der Waals surface area contributed by atoms with E-state index < -0.39 is 17.3 Å². The van der Waals surface area contributed by atoms with Crippen LogP contribution in [0.2, 0.25) is 5.02 Å². The maximum Gasteiger partial charge on any atom is 0.309 e. The molecule has 0 aromatic carbocycles. The Morgan fingerprint density at radius 1 is 1.43 bits per heavy atom. The van der Waals surface area contributed by atoms with E-state index in [0.717, 1.165) is 0 Å². The summed E-state index contributed by atoms with van der Waals surface area (Å²) in [7, 11) is 0. The highest BCUT2D eigenvalue weighted by atomic mass is 35.5. The van der Waals surface area contributed by atoms with Crippen molar-refractivity contribution in [2.24, 2.45) is 5.41 Å². The van der Waals surface area contributed by atoms with Gasteiger partial charge in [-0.1, -0.05) is 25.4 Å². The summed E-state index contributed by atoms with van der Waals surface area (Å²) >= 11 is 5.94. The van der Waals surface area contributed by atoms with Crippen molar-refractivity contribution in [3.05, 3.63) is 22.7 Å². The number of hydrogen-bond donors (Lipinski definition) is 2. The second-order valence-corrected chi connectivity index (χ2v) is 6.18. The lowest BCUT2D eigenvalue weighted by Crippen LogP contribution is -2.32. The number of carbonyl (C=O) groups is 2. The molecule has 1 rings (SSSR count). The van der Waals surface area contributed by atoms with Crippen LogP contribution in [-0.4, -0.2) is 33.5 Å². The number of halogens is 1. The predicted molar refractivity (Wildman–Crippen MR) is 79.5 cm³/mol. The van der Waals surface area contributed by atoms with Gasteiger partial charge in [-0.3, -0.25) is 9.59 Å². The SMILES string of the molecule is CC(C)c1ncc(Cl)c(C(=O)NCCC(C)(C)C(=O)O)n1. The molecule has 1 aromatic rings. The van der Waals surface area contributed by atoms with Gasteiger partial charge in [0.15, 0.2) is 0 Å². The van der Waals surface area contributed by atoms with Crippen molar-refractivity contribution in [2.75, 3.05) is 6.54 Å². The summed E-state index contributed by atoms with van der Waals surface area (Å²) in [4.78, 5) is 31.3.